The molecule has 0 aliphatic heterocycles. The molecule has 0 spiro atoms. The van der Waals surface area contributed by atoms with Crippen LogP contribution in [0.15, 0.2) is 15.9 Å². The number of hydrogen-bond donors (Lipinski definition) is 1. The number of nitrogens with one attached hydrogen (secondary N) is 1. The van der Waals surface area contributed by atoms with Gasteiger partial charge in [-0.2, -0.15) is 0 Å². The highest BCUT2D eigenvalue weighted by Gasteiger charge is 2.15. The first-order valence-corrected chi connectivity index (χ1v) is 9.83. The van der Waals surface area contributed by atoms with Gasteiger partial charge in [0.25, 0.3) is 5.56 Å². The Bertz CT molecular complexity index is 987. The van der Waals surface area contributed by atoms with E-state index in [1.165, 1.54) is 15.5 Å². The Morgan fingerprint density at radius 1 is 1.21 bits per heavy atom. The van der Waals surface area contributed by atoms with Crippen LogP contribution < -0.4 is 16.6 Å². The van der Waals surface area contributed by atoms with Crippen LogP contribution in [0.25, 0.3) is 11.2 Å². The minimum atomic E-state index is -0.407. The van der Waals surface area contributed by atoms with E-state index < -0.39 is 11.7 Å². The van der Waals surface area contributed by atoms with E-state index in [-0.39, 0.29) is 37.0 Å². The average molecular weight is 407 g/mol. The van der Waals surface area contributed by atoms with E-state index >= 15 is 0 Å². The number of aryl methyl sites for hydroxylation is 2. The second-order valence-electron chi connectivity index (χ2n) is 7.08. The van der Waals surface area contributed by atoms with Gasteiger partial charge in [0.15, 0.2) is 11.2 Å². The predicted molar refractivity (Wildman–Crippen MR) is 108 cm³/mol. The molecule has 0 aromatic carbocycles. The summed E-state index contributed by atoms with van der Waals surface area (Å²) in [6, 6.07) is 0. The first-order chi connectivity index (χ1) is 13.8. The highest BCUT2D eigenvalue weighted by atomic mass is 16.5. The van der Waals surface area contributed by atoms with Gasteiger partial charge in [-0.3, -0.25) is 23.5 Å². The first-order valence-electron chi connectivity index (χ1n) is 9.83. The number of carbonyl (C=O) groups is 2. The van der Waals surface area contributed by atoms with E-state index in [2.05, 4.69) is 10.3 Å². The summed E-state index contributed by atoms with van der Waals surface area (Å²) in [6.07, 6.45) is 3.27. The standard InChI is InChI=1S/C19H29N5O5/c1-5-20-14(25)9-10-15(26)29-13(2)8-6-7-11-24-18(27)16-17(21-12-22(16)3)23(4)19(24)28/h12-13H,5-11H2,1-4H3,(H,20,25). The van der Waals surface area contributed by atoms with E-state index in [9.17, 15) is 19.2 Å². The quantitative estimate of drug-likeness (QED) is 0.451. The number of rotatable bonds is 10. The lowest BCUT2D eigenvalue weighted by Gasteiger charge is -2.13. The number of carbonyl (C=O) groups excluding carboxylic acids is 2. The summed E-state index contributed by atoms with van der Waals surface area (Å²) in [5, 5.41) is 2.63. The Morgan fingerprint density at radius 2 is 1.93 bits per heavy atom. The molecule has 0 aliphatic carbocycles. The second-order valence-corrected chi connectivity index (χ2v) is 7.08. The predicted octanol–water partition coefficient (Wildman–Crippen LogP) is 0.452. The topological polar surface area (TPSA) is 117 Å². The van der Waals surface area contributed by atoms with Crippen molar-refractivity contribution >= 4 is 23.0 Å². The highest BCUT2D eigenvalue weighted by molar-refractivity contribution is 5.81. The average Bonchev–Trinajstić information content (AvgIpc) is 3.06. The maximum Gasteiger partial charge on any atom is 0.332 e. The Balaban J connectivity index is 1.84. The molecule has 29 heavy (non-hydrogen) atoms. The van der Waals surface area contributed by atoms with Gasteiger partial charge in [-0.05, 0) is 33.1 Å². The number of esters is 1. The first kappa shape index (κ1) is 22.4. The van der Waals surface area contributed by atoms with Crippen LogP contribution in [0, 0.1) is 0 Å². The van der Waals surface area contributed by atoms with Gasteiger partial charge in [0, 0.05) is 33.6 Å². The van der Waals surface area contributed by atoms with Gasteiger partial charge in [-0.25, -0.2) is 9.78 Å². The number of amides is 1. The third-order valence-electron chi connectivity index (χ3n) is 4.71. The molecule has 2 aromatic rings. The zero-order valence-electron chi connectivity index (χ0n) is 17.4. The lowest BCUT2D eigenvalue weighted by atomic mass is 10.1. The van der Waals surface area contributed by atoms with E-state index in [1.54, 1.807) is 25.6 Å². The number of unbranched alkanes of at least 4 members (excludes halogenated alkanes) is 1. The van der Waals surface area contributed by atoms with E-state index in [0.717, 1.165) is 0 Å². The zero-order valence-corrected chi connectivity index (χ0v) is 17.4. The van der Waals surface area contributed by atoms with Crippen LogP contribution in [0.4, 0.5) is 0 Å². The van der Waals surface area contributed by atoms with Crippen LogP contribution in [0.2, 0.25) is 0 Å². The molecule has 160 valence electrons. The maximum absolute atomic E-state index is 12.6. The highest BCUT2D eigenvalue weighted by Crippen LogP contribution is 2.08. The lowest BCUT2D eigenvalue weighted by Crippen LogP contribution is -2.39. The van der Waals surface area contributed by atoms with Gasteiger partial charge in [-0.1, -0.05) is 0 Å². The molecule has 0 saturated heterocycles. The van der Waals surface area contributed by atoms with Crippen molar-refractivity contribution in [1.82, 2.24) is 24.0 Å². The Morgan fingerprint density at radius 3 is 2.62 bits per heavy atom. The number of aromatic nitrogens is 4. The molecule has 1 amide bonds. The molecule has 1 unspecified atom stereocenters. The van der Waals surface area contributed by atoms with Gasteiger partial charge in [0.05, 0.1) is 18.9 Å². The van der Waals surface area contributed by atoms with Crippen LogP contribution in [0.5, 0.6) is 0 Å². The van der Waals surface area contributed by atoms with Gasteiger partial charge in [0.2, 0.25) is 5.91 Å². The Kier molecular flexibility index (Phi) is 7.74. The van der Waals surface area contributed by atoms with Crippen LogP contribution in [0.3, 0.4) is 0 Å². The summed E-state index contributed by atoms with van der Waals surface area (Å²) >= 11 is 0. The molecule has 0 aliphatic rings. The lowest BCUT2D eigenvalue weighted by molar-refractivity contribution is -0.149. The van der Waals surface area contributed by atoms with Crippen molar-refractivity contribution in [2.75, 3.05) is 6.54 Å². The number of ether oxygens (including phenoxy) is 1. The number of hydrogen-bond acceptors (Lipinski definition) is 6. The molecule has 2 heterocycles. The maximum atomic E-state index is 12.6. The Labute approximate surface area is 168 Å². The van der Waals surface area contributed by atoms with E-state index in [0.29, 0.717) is 37.0 Å². The molecule has 1 atom stereocenters. The van der Waals surface area contributed by atoms with Crippen molar-refractivity contribution in [3.05, 3.63) is 27.2 Å². The molecule has 2 rings (SSSR count). The van der Waals surface area contributed by atoms with Gasteiger partial charge < -0.3 is 14.6 Å². The Hall–Kier alpha value is -2.91. The summed E-state index contributed by atoms with van der Waals surface area (Å²) < 4.78 is 9.49. The van der Waals surface area contributed by atoms with Crippen molar-refractivity contribution < 1.29 is 14.3 Å². The molecule has 0 bridgehead atoms. The van der Waals surface area contributed by atoms with Crippen molar-refractivity contribution in [3.8, 4) is 0 Å². The van der Waals surface area contributed by atoms with Crippen LogP contribution in [0.1, 0.15) is 46.0 Å². The van der Waals surface area contributed by atoms with E-state index in [1.807, 2.05) is 6.92 Å². The van der Waals surface area contributed by atoms with E-state index in [4.69, 9.17) is 4.74 Å². The molecule has 2 aromatic heterocycles. The van der Waals surface area contributed by atoms with Gasteiger partial charge >= 0.3 is 11.7 Å². The summed E-state index contributed by atoms with van der Waals surface area (Å²) in [6.45, 7) is 4.42. The SMILES string of the molecule is CCNC(=O)CCC(=O)OC(C)CCCCn1c(=O)c2c(ncn2C)n(C)c1=O. The van der Waals surface area contributed by atoms with Crippen molar-refractivity contribution in [3.63, 3.8) is 0 Å². The number of fused-ring (bicyclic) bond motifs is 1. The molecule has 0 radical (unpaired) electrons. The summed E-state index contributed by atoms with van der Waals surface area (Å²) in [5.41, 5.74) is 0.00683. The van der Waals surface area contributed by atoms with Crippen LogP contribution >= 0.6 is 0 Å². The molecule has 0 fully saturated rings. The molecule has 10 heteroatoms. The van der Waals surface area contributed by atoms with Crippen molar-refractivity contribution in [2.45, 2.75) is 58.6 Å². The summed E-state index contributed by atoms with van der Waals surface area (Å²) in [4.78, 5) is 52.3. The number of imidazole rings is 1. The van der Waals surface area contributed by atoms with Gasteiger partial charge in [-0.15, -0.1) is 0 Å². The minimum Gasteiger partial charge on any atom is -0.463 e. The molecular weight excluding hydrogens is 378 g/mol. The summed E-state index contributed by atoms with van der Waals surface area (Å²) in [7, 11) is 3.31. The molecule has 10 nitrogen and oxygen atoms in total. The fraction of sp³-hybridized carbons (Fsp3) is 0.632. The number of nitrogens with zero attached hydrogens (tertiary/aromatic N) is 4. The molecular formula is C19H29N5O5. The smallest absolute Gasteiger partial charge is 0.332 e. The fourth-order valence-electron chi connectivity index (χ4n) is 3.14. The van der Waals surface area contributed by atoms with Crippen LogP contribution in [-0.2, 0) is 35.0 Å². The third-order valence-corrected chi connectivity index (χ3v) is 4.71. The normalized spacial score (nSPS) is 12.1. The van der Waals surface area contributed by atoms with Crippen LogP contribution in [-0.4, -0.2) is 43.2 Å². The largest absolute Gasteiger partial charge is 0.463 e. The van der Waals surface area contributed by atoms with Gasteiger partial charge in [0.1, 0.15) is 0 Å². The second kappa shape index (κ2) is 10.0. The minimum absolute atomic E-state index is 0.0479. The fourth-order valence-corrected chi connectivity index (χ4v) is 3.14. The molecule has 1 N–H and O–H groups in total. The van der Waals surface area contributed by atoms with Crippen molar-refractivity contribution in [2.24, 2.45) is 14.1 Å². The molecule has 0 saturated carbocycles. The monoisotopic (exact) mass is 407 g/mol. The van der Waals surface area contributed by atoms with Crippen molar-refractivity contribution in [1.29, 1.82) is 0 Å². The third kappa shape index (κ3) is 5.55. The summed E-state index contributed by atoms with van der Waals surface area (Å²) in [5.74, 6) is -0.579. The zero-order chi connectivity index (χ0) is 21.6.